The summed E-state index contributed by atoms with van der Waals surface area (Å²) in [4.78, 5) is 0. The third-order valence-electron chi connectivity index (χ3n) is 1.41. The maximum absolute atomic E-state index is 10.4. The highest BCUT2D eigenvalue weighted by atomic mass is 127. The monoisotopic (exact) mass is 373 g/mol. The van der Waals surface area contributed by atoms with Crippen LogP contribution >= 0.6 is 45.2 Å². The fourth-order valence-electron chi connectivity index (χ4n) is 0.873. The van der Waals surface area contributed by atoms with E-state index in [4.69, 9.17) is 0 Å². The highest BCUT2D eigenvalue weighted by Crippen LogP contribution is 2.18. The first-order chi connectivity index (χ1) is 5.25. The second-order valence-electron chi connectivity index (χ2n) is 2.15. The van der Waals surface area contributed by atoms with Crippen molar-refractivity contribution < 1.29 is 5.11 Å². The van der Waals surface area contributed by atoms with Crippen LogP contribution in [0.15, 0.2) is 18.2 Å². The van der Waals surface area contributed by atoms with Crippen molar-refractivity contribution in [3.05, 3.63) is 30.9 Å². The molecule has 0 saturated heterocycles. The summed E-state index contributed by atoms with van der Waals surface area (Å²) < 4.78 is 2.40. The number of hydrogen-bond donors (Lipinski definition) is 0. The Bertz CT molecular complexity index is 228. The first-order valence-electron chi connectivity index (χ1n) is 3.26. The smallest absolute Gasteiger partial charge is 0.0863 e. The zero-order chi connectivity index (χ0) is 8.27. The van der Waals surface area contributed by atoms with Crippen LogP contribution in [0.25, 0.3) is 0 Å². The Morgan fingerprint density at radius 3 is 2.18 bits per heavy atom. The first-order valence-corrected chi connectivity index (χ1v) is 5.42. The van der Waals surface area contributed by atoms with Crippen molar-refractivity contribution >= 4 is 45.2 Å². The molecule has 0 unspecified atom stereocenters. The lowest BCUT2D eigenvalue weighted by atomic mass is 10.2. The summed E-state index contributed by atoms with van der Waals surface area (Å²) in [6.45, 7) is -0.0178. The van der Waals surface area contributed by atoms with Gasteiger partial charge in [-0.05, 0) is 62.9 Å². The van der Waals surface area contributed by atoms with Crippen molar-refractivity contribution in [2.24, 2.45) is 0 Å². The predicted molar refractivity (Wildman–Crippen MR) is 61.1 cm³/mol. The molecule has 1 nitrogen and oxygen atoms in total. The van der Waals surface area contributed by atoms with Gasteiger partial charge in [0.1, 0.15) is 0 Å². The van der Waals surface area contributed by atoms with Crippen molar-refractivity contribution in [2.75, 3.05) is 6.61 Å². The quantitative estimate of drug-likeness (QED) is 0.711. The minimum absolute atomic E-state index is 0.0178. The van der Waals surface area contributed by atoms with Crippen molar-refractivity contribution in [1.29, 1.82) is 0 Å². The molecular weight excluding hydrogens is 366 g/mol. The molecule has 0 bridgehead atoms. The van der Waals surface area contributed by atoms with Gasteiger partial charge in [0, 0.05) is 13.6 Å². The molecule has 0 aliphatic carbocycles. The molecule has 1 rings (SSSR count). The molecule has 0 amide bonds. The molecule has 0 fully saturated rings. The first kappa shape index (κ1) is 9.73. The zero-order valence-electron chi connectivity index (χ0n) is 5.81. The van der Waals surface area contributed by atoms with E-state index in [1.54, 1.807) is 0 Å². The van der Waals surface area contributed by atoms with E-state index in [1.165, 1.54) is 12.7 Å². The molecule has 0 N–H and O–H groups in total. The van der Waals surface area contributed by atoms with Crippen LogP contribution < -0.4 is 0 Å². The predicted octanol–water partition coefficient (Wildman–Crippen LogP) is 2.87. The summed E-state index contributed by atoms with van der Waals surface area (Å²) in [5.41, 5.74) is 1.20. The highest BCUT2D eigenvalue weighted by molar-refractivity contribution is 14.1. The molecule has 0 saturated carbocycles. The number of halogens is 2. The SMILES string of the molecule is [O]CCc1c(I)cccc1I. The van der Waals surface area contributed by atoms with Gasteiger partial charge < -0.3 is 0 Å². The fourth-order valence-corrected chi connectivity index (χ4v) is 2.92. The molecule has 3 heteroatoms. The van der Waals surface area contributed by atoms with Gasteiger partial charge in [-0.1, -0.05) is 6.07 Å². The van der Waals surface area contributed by atoms with Crippen LogP contribution in [0.2, 0.25) is 0 Å². The Balaban J connectivity index is 3.00. The van der Waals surface area contributed by atoms with E-state index < -0.39 is 0 Å². The molecule has 1 aromatic rings. The van der Waals surface area contributed by atoms with Gasteiger partial charge in [0.05, 0.1) is 6.61 Å². The Labute approximate surface area is 93.5 Å². The molecule has 0 aliphatic rings. The summed E-state index contributed by atoms with van der Waals surface area (Å²) >= 11 is 4.53. The van der Waals surface area contributed by atoms with E-state index in [0.29, 0.717) is 6.42 Å². The molecule has 11 heavy (non-hydrogen) atoms. The normalized spacial score (nSPS) is 10.1. The van der Waals surface area contributed by atoms with Gasteiger partial charge in [0.2, 0.25) is 0 Å². The minimum atomic E-state index is -0.0178. The Hall–Kier alpha value is 0.640. The van der Waals surface area contributed by atoms with Gasteiger partial charge in [0.15, 0.2) is 0 Å². The lowest BCUT2D eigenvalue weighted by molar-refractivity contribution is 0.197. The highest BCUT2D eigenvalue weighted by Gasteiger charge is 2.02. The van der Waals surface area contributed by atoms with Gasteiger partial charge in [-0.25, -0.2) is 5.11 Å². The molecule has 59 valence electrons. The molecule has 0 heterocycles. The third kappa shape index (κ3) is 2.55. The number of hydrogen-bond acceptors (Lipinski definition) is 0. The van der Waals surface area contributed by atoms with E-state index in [1.807, 2.05) is 18.2 Å². The molecule has 1 radical (unpaired) electrons. The van der Waals surface area contributed by atoms with Gasteiger partial charge in [0.25, 0.3) is 0 Å². The van der Waals surface area contributed by atoms with Crippen LogP contribution in [0, 0.1) is 7.14 Å². The van der Waals surface area contributed by atoms with Gasteiger partial charge >= 0.3 is 0 Å². The molecular formula is C8H7I2O. The summed E-state index contributed by atoms with van der Waals surface area (Å²) in [6, 6.07) is 6.08. The van der Waals surface area contributed by atoms with E-state index >= 15 is 0 Å². The Morgan fingerprint density at radius 2 is 1.73 bits per heavy atom. The van der Waals surface area contributed by atoms with Crippen LogP contribution in [0.4, 0.5) is 0 Å². The summed E-state index contributed by atoms with van der Waals surface area (Å²) in [5, 5.41) is 10.4. The number of benzene rings is 1. The number of rotatable bonds is 2. The standard InChI is InChI=1S/C8H7I2O/c9-7-2-1-3-8(10)6(7)4-5-11/h1-3H,4-5H2. The van der Waals surface area contributed by atoms with Crippen LogP contribution in [0.3, 0.4) is 0 Å². The van der Waals surface area contributed by atoms with Gasteiger partial charge in [-0.15, -0.1) is 0 Å². The Kier molecular flexibility index (Phi) is 4.08. The van der Waals surface area contributed by atoms with Crippen LogP contribution in [0.1, 0.15) is 5.56 Å². The lowest BCUT2D eigenvalue weighted by Gasteiger charge is -2.03. The second kappa shape index (κ2) is 4.61. The largest absolute Gasteiger partial charge is 0.236 e. The van der Waals surface area contributed by atoms with E-state index in [0.717, 1.165) is 0 Å². The van der Waals surface area contributed by atoms with Gasteiger partial charge in [-0.3, -0.25) is 0 Å². The van der Waals surface area contributed by atoms with E-state index in [9.17, 15) is 5.11 Å². The van der Waals surface area contributed by atoms with Crippen LogP contribution in [0.5, 0.6) is 0 Å². The van der Waals surface area contributed by atoms with Crippen molar-refractivity contribution in [2.45, 2.75) is 6.42 Å². The van der Waals surface area contributed by atoms with Gasteiger partial charge in [-0.2, -0.15) is 0 Å². The maximum Gasteiger partial charge on any atom is 0.0863 e. The maximum atomic E-state index is 10.4. The van der Waals surface area contributed by atoms with E-state index in [-0.39, 0.29) is 6.61 Å². The fraction of sp³-hybridized carbons (Fsp3) is 0.250. The van der Waals surface area contributed by atoms with Crippen LogP contribution in [-0.4, -0.2) is 6.61 Å². The topological polar surface area (TPSA) is 19.9 Å². The molecule has 0 spiro atoms. The average Bonchev–Trinajstić information content (AvgIpc) is 1.97. The van der Waals surface area contributed by atoms with E-state index in [2.05, 4.69) is 45.2 Å². The van der Waals surface area contributed by atoms with Crippen LogP contribution in [-0.2, 0) is 11.5 Å². The minimum Gasteiger partial charge on any atom is -0.236 e. The average molecular weight is 373 g/mol. The molecule has 0 aromatic heterocycles. The zero-order valence-corrected chi connectivity index (χ0v) is 10.1. The Morgan fingerprint density at radius 1 is 1.18 bits per heavy atom. The third-order valence-corrected chi connectivity index (χ3v) is 3.44. The molecule has 0 atom stereocenters. The summed E-state index contributed by atoms with van der Waals surface area (Å²) in [7, 11) is 0. The second-order valence-corrected chi connectivity index (χ2v) is 4.48. The van der Waals surface area contributed by atoms with Crippen molar-refractivity contribution in [3.63, 3.8) is 0 Å². The molecule has 1 aromatic carbocycles. The summed E-state index contributed by atoms with van der Waals surface area (Å²) in [5.74, 6) is 0. The summed E-state index contributed by atoms with van der Waals surface area (Å²) in [6.07, 6.45) is 0.650. The molecule has 0 aliphatic heterocycles. The lowest BCUT2D eigenvalue weighted by Crippen LogP contribution is -1.95. The van der Waals surface area contributed by atoms with Crippen molar-refractivity contribution in [1.82, 2.24) is 0 Å². The van der Waals surface area contributed by atoms with Crippen molar-refractivity contribution in [3.8, 4) is 0 Å².